The molecule has 0 fully saturated rings. The summed E-state index contributed by atoms with van der Waals surface area (Å²) >= 11 is 1.20. The average Bonchev–Trinajstić information content (AvgIpc) is 2.64. The van der Waals surface area contributed by atoms with Crippen LogP contribution in [0.3, 0.4) is 0 Å². The van der Waals surface area contributed by atoms with Crippen molar-refractivity contribution < 1.29 is 14.0 Å². The molecule has 2 amide bonds. The topological polar surface area (TPSA) is 58.2 Å². The van der Waals surface area contributed by atoms with Crippen LogP contribution in [-0.2, 0) is 9.59 Å². The summed E-state index contributed by atoms with van der Waals surface area (Å²) in [5, 5.41) is 5.52. The van der Waals surface area contributed by atoms with Gasteiger partial charge < -0.3 is 10.6 Å². The molecule has 1 atom stereocenters. The first-order chi connectivity index (χ1) is 12.6. The zero-order valence-corrected chi connectivity index (χ0v) is 15.5. The first-order valence-corrected chi connectivity index (χ1v) is 9.72. The summed E-state index contributed by atoms with van der Waals surface area (Å²) in [7, 11) is 0. The number of para-hydroxylation sites is 1. The number of rotatable bonds is 9. The molecule has 0 unspecified atom stereocenters. The van der Waals surface area contributed by atoms with Crippen LogP contribution < -0.4 is 10.6 Å². The number of amides is 2. The quantitative estimate of drug-likeness (QED) is 0.693. The number of carbonyl (C=O) groups is 2. The van der Waals surface area contributed by atoms with Crippen molar-refractivity contribution in [3.8, 4) is 0 Å². The average molecular weight is 374 g/mol. The van der Waals surface area contributed by atoms with Crippen LogP contribution in [0.5, 0.6) is 0 Å². The highest BCUT2D eigenvalue weighted by molar-refractivity contribution is 8.00. The van der Waals surface area contributed by atoms with Crippen LogP contribution in [0.15, 0.2) is 54.6 Å². The van der Waals surface area contributed by atoms with E-state index in [2.05, 4.69) is 17.6 Å². The van der Waals surface area contributed by atoms with Gasteiger partial charge in [-0.2, -0.15) is 0 Å². The molecule has 0 saturated heterocycles. The summed E-state index contributed by atoms with van der Waals surface area (Å²) in [5.41, 5.74) is 1.22. The van der Waals surface area contributed by atoms with E-state index in [-0.39, 0.29) is 35.0 Å². The molecule has 0 bridgehead atoms. The van der Waals surface area contributed by atoms with Crippen molar-refractivity contribution in [2.45, 2.75) is 25.8 Å². The molecule has 2 N–H and O–H groups in total. The van der Waals surface area contributed by atoms with Gasteiger partial charge in [0.15, 0.2) is 0 Å². The van der Waals surface area contributed by atoms with Crippen LogP contribution in [0, 0.1) is 5.82 Å². The van der Waals surface area contributed by atoms with Gasteiger partial charge in [-0.3, -0.25) is 9.59 Å². The molecule has 0 saturated carbocycles. The molecule has 0 aliphatic heterocycles. The van der Waals surface area contributed by atoms with Gasteiger partial charge >= 0.3 is 0 Å². The SMILES string of the molecule is CCC[C@H](NC(=O)CSCC(=O)Nc1ccccc1F)c1ccccc1. The lowest BCUT2D eigenvalue weighted by atomic mass is 10.0. The van der Waals surface area contributed by atoms with Gasteiger partial charge in [-0.25, -0.2) is 4.39 Å². The zero-order chi connectivity index (χ0) is 18.8. The first kappa shape index (κ1) is 20.0. The highest BCUT2D eigenvalue weighted by atomic mass is 32.2. The van der Waals surface area contributed by atoms with E-state index < -0.39 is 5.82 Å². The highest BCUT2D eigenvalue weighted by Gasteiger charge is 2.14. The fourth-order valence-corrected chi connectivity index (χ4v) is 3.15. The molecule has 0 aliphatic rings. The van der Waals surface area contributed by atoms with E-state index in [4.69, 9.17) is 0 Å². The molecule has 2 aromatic rings. The van der Waals surface area contributed by atoms with Gasteiger partial charge in [0, 0.05) is 0 Å². The van der Waals surface area contributed by atoms with Crippen LogP contribution in [0.2, 0.25) is 0 Å². The Morgan fingerprint density at radius 1 is 1.00 bits per heavy atom. The Labute approximate surface area is 157 Å². The molecule has 0 radical (unpaired) electrons. The number of benzene rings is 2. The second-order valence-corrected chi connectivity index (χ2v) is 6.83. The van der Waals surface area contributed by atoms with E-state index in [0.717, 1.165) is 18.4 Å². The summed E-state index contributed by atoms with van der Waals surface area (Å²) < 4.78 is 13.5. The Balaban J connectivity index is 1.77. The normalized spacial score (nSPS) is 11.6. The summed E-state index contributed by atoms with van der Waals surface area (Å²) in [4.78, 5) is 24.0. The smallest absolute Gasteiger partial charge is 0.234 e. The van der Waals surface area contributed by atoms with E-state index >= 15 is 0 Å². The van der Waals surface area contributed by atoms with Crippen LogP contribution in [0.4, 0.5) is 10.1 Å². The van der Waals surface area contributed by atoms with E-state index in [1.807, 2.05) is 30.3 Å². The second kappa shape index (κ2) is 10.6. The highest BCUT2D eigenvalue weighted by Crippen LogP contribution is 2.18. The maximum atomic E-state index is 13.5. The molecule has 0 aromatic heterocycles. The molecule has 0 aliphatic carbocycles. The first-order valence-electron chi connectivity index (χ1n) is 8.56. The molecular weight excluding hydrogens is 351 g/mol. The van der Waals surface area contributed by atoms with Crippen molar-refractivity contribution in [2.75, 3.05) is 16.8 Å². The van der Waals surface area contributed by atoms with Crippen LogP contribution >= 0.6 is 11.8 Å². The molecule has 138 valence electrons. The minimum Gasteiger partial charge on any atom is -0.349 e. The molecule has 26 heavy (non-hydrogen) atoms. The fourth-order valence-electron chi connectivity index (χ4n) is 2.52. The van der Waals surface area contributed by atoms with Gasteiger partial charge in [0.2, 0.25) is 11.8 Å². The Morgan fingerprint density at radius 3 is 2.35 bits per heavy atom. The van der Waals surface area contributed by atoms with E-state index in [9.17, 15) is 14.0 Å². The molecule has 2 aromatic carbocycles. The lowest BCUT2D eigenvalue weighted by Gasteiger charge is -2.18. The maximum absolute atomic E-state index is 13.5. The Kier molecular flexibility index (Phi) is 8.15. The van der Waals surface area contributed by atoms with Gasteiger partial charge in [0.1, 0.15) is 5.82 Å². The van der Waals surface area contributed by atoms with Gasteiger partial charge in [0.05, 0.1) is 23.2 Å². The van der Waals surface area contributed by atoms with Crippen molar-refractivity contribution in [1.29, 1.82) is 0 Å². The summed E-state index contributed by atoms with van der Waals surface area (Å²) in [6.07, 6.45) is 1.81. The standard InChI is InChI=1S/C20H23FN2O2S/c1-2-8-17(15-9-4-3-5-10-15)22-19(24)13-26-14-20(25)23-18-12-7-6-11-16(18)21/h3-7,9-12,17H,2,8,13-14H2,1H3,(H,22,24)(H,23,25)/t17-/m0/s1. The van der Waals surface area contributed by atoms with Crippen molar-refractivity contribution in [3.05, 3.63) is 66.0 Å². The zero-order valence-electron chi connectivity index (χ0n) is 14.7. The summed E-state index contributed by atoms with van der Waals surface area (Å²) in [5.74, 6) is -0.658. The Hall–Kier alpha value is -2.34. The van der Waals surface area contributed by atoms with Crippen molar-refractivity contribution in [2.24, 2.45) is 0 Å². The monoisotopic (exact) mass is 374 g/mol. The van der Waals surface area contributed by atoms with E-state index in [1.54, 1.807) is 12.1 Å². The predicted molar refractivity (Wildman–Crippen MR) is 105 cm³/mol. The van der Waals surface area contributed by atoms with Gasteiger partial charge in [0.25, 0.3) is 0 Å². The Bertz CT molecular complexity index is 725. The fraction of sp³-hybridized carbons (Fsp3) is 0.300. The second-order valence-electron chi connectivity index (χ2n) is 5.84. The lowest BCUT2D eigenvalue weighted by Crippen LogP contribution is -2.30. The number of hydrogen-bond acceptors (Lipinski definition) is 3. The number of halogens is 1. The Morgan fingerprint density at radius 2 is 1.65 bits per heavy atom. The molecular formula is C20H23FN2O2S. The molecule has 0 spiro atoms. The lowest BCUT2D eigenvalue weighted by molar-refractivity contribution is -0.119. The third-order valence-electron chi connectivity index (χ3n) is 3.73. The number of carbonyl (C=O) groups excluding carboxylic acids is 2. The minimum absolute atomic E-state index is 0.0264. The molecule has 4 nitrogen and oxygen atoms in total. The van der Waals surface area contributed by atoms with Crippen molar-refractivity contribution >= 4 is 29.3 Å². The number of nitrogens with one attached hydrogen (secondary N) is 2. The van der Waals surface area contributed by atoms with Crippen LogP contribution in [-0.4, -0.2) is 23.3 Å². The van der Waals surface area contributed by atoms with Gasteiger partial charge in [-0.1, -0.05) is 55.8 Å². The van der Waals surface area contributed by atoms with Gasteiger partial charge in [-0.05, 0) is 24.1 Å². The molecule has 2 rings (SSSR count). The largest absolute Gasteiger partial charge is 0.349 e. The summed E-state index contributed by atoms with van der Waals surface area (Å²) in [6.45, 7) is 2.07. The van der Waals surface area contributed by atoms with Crippen LogP contribution in [0.1, 0.15) is 31.4 Å². The third kappa shape index (κ3) is 6.52. The van der Waals surface area contributed by atoms with Crippen LogP contribution in [0.25, 0.3) is 0 Å². The predicted octanol–water partition coefficient (Wildman–Crippen LogP) is 4.16. The molecule has 0 heterocycles. The summed E-state index contributed by atoms with van der Waals surface area (Å²) in [6, 6.07) is 15.8. The third-order valence-corrected chi connectivity index (χ3v) is 4.66. The molecule has 6 heteroatoms. The van der Waals surface area contributed by atoms with E-state index in [1.165, 1.54) is 23.9 Å². The van der Waals surface area contributed by atoms with Crippen molar-refractivity contribution in [3.63, 3.8) is 0 Å². The maximum Gasteiger partial charge on any atom is 0.234 e. The number of hydrogen-bond donors (Lipinski definition) is 2. The minimum atomic E-state index is -0.478. The van der Waals surface area contributed by atoms with Gasteiger partial charge in [-0.15, -0.1) is 11.8 Å². The van der Waals surface area contributed by atoms with E-state index in [0.29, 0.717) is 0 Å². The van der Waals surface area contributed by atoms with Crippen molar-refractivity contribution in [1.82, 2.24) is 5.32 Å². The number of anilines is 1. The number of thioether (sulfide) groups is 1.